The highest BCUT2D eigenvalue weighted by Crippen LogP contribution is 2.16. The quantitative estimate of drug-likeness (QED) is 0.582. The highest BCUT2D eigenvalue weighted by Gasteiger charge is 2.16. The molecule has 0 fully saturated rings. The molecule has 0 aliphatic rings. The molecular weight excluding hydrogens is 410 g/mol. The molecule has 3 N–H and O–H groups in total. The Hall–Kier alpha value is -3.55. The van der Waals surface area contributed by atoms with Crippen LogP contribution in [-0.4, -0.2) is 36.7 Å². The third-order valence-electron chi connectivity index (χ3n) is 4.37. The molecule has 0 heterocycles. The minimum Gasteiger partial charge on any atom is -0.484 e. The van der Waals surface area contributed by atoms with E-state index >= 15 is 0 Å². The van der Waals surface area contributed by atoms with E-state index in [4.69, 9.17) is 9.47 Å². The molecule has 0 saturated heterocycles. The summed E-state index contributed by atoms with van der Waals surface area (Å²) in [6.45, 7) is 9.31. The van der Waals surface area contributed by atoms with Crippen LogP contribution < -0.4 is 20.7 Å². The van der Waals surface area contributed by atoms with E-state index in [9.17, 15) is 14.4 Å². The number of hydrogen-bond donors (Lipinski definition) is 3. The first kappa shape index (κ1) is 24.7. The fourth-order valence-corrected chi connectivity index (χ4v) is 2.58. The first-order chi connectivity index (χ1) is 15.0. The Morgan fingerprint density at radius 2 is 1.56 bits per heavy atom. The Balaban J connectivity index is 1.71. The fourth-order valence-electron chi connectivity index (χ4n) is 2.58. The summed E-state index contributed by atoms with van der Waals surface area (Å²) in [4.78, 5) is 35.6. The second kappa shape index (κ2) is 11.2. The molecule has 32 heavy (non-hydrogen) atoms. The normalized spacial score (nSPS) is 10.8. The summed E-state index contributed by atoms with van der Waals surface area (Å²) in [7, 11) is 0. The van der Waals surface area contributed by atoms with E-state index in [1.165, 1.54) is 5.56 Å². The molecule has 2 aromatic rings. The second-order valence-electron chi connectivity index (χ2n) is 8.41. The zero-order valence-corrected chi connectivity index (χ0v) is 19.2. The summed E-state index contributed by atoms with van der Waals surface area (Å²) < 4.78 is 10.6. The SMILES string of the molecule is Cc1ccc(OCC(=O)NCc2ccc(NC(=O)CNC(=O)OC(C)(C)C)cc2)cc1C. The minimum atomic E-state index is -0.653. The van der Waals surface area contributed by atoms with Crippen LogP contribution in [0.1, 0.15) is 37.5 Å². The van der Waals surface area contributed by atoms with Crippen molar-refractivity contribution in [2.75, 3.05) is 18.5 Å². The van der Waals surface area contributed by atoms with Crippen LogP contribution >= 0.6 is 0 Å². The molecule has 0 radical (unpaired) electrons. The topological polar surface area (TPSA) is 106 Å². The minimum absolute atomic E-state index is 0.0682. The van der Waals surface area contributed by atoms with E-state index in [-0.39, 0.29) is 25.0 Å². The molecule has 2 rings (SSSR count). The largest absolute Gasteiger partial charge is 0.484 e. The third kappa shape index (κ3) is 9.07. The average Bonchev–Trinajstić information content (AvgIpc) is 2.71. The maximum absolute atomic E-state index is 12.0. The lowest BCUT2D eigenvalue weighted by Crippen LogP contribution is -2.37. The number of nitrogens with one attached hydrogen (secondary N) is 3. The third-order valence-corrected chi connectivity index (χ3v) is 4.37. The van der Waals surface area contributed by atoms with Crippen LogP contribution in [-0.2, 0) is 20.9 Å². The Morgan fingerprint density at radius 3 is 2.19 bits per heavy atom. The summed E-state index contributed by atoms with van der Waals surface area (Å²) >= 11 is 0. The summed E-state index contributed by atoms with van der Waals surface area (Å²) in [5, 5.41) is 7.88. The molecule has 0 bridgehead atoms. The van der Waals surface area contributed by atoms with E-state index in [0.29, 0.717) is 18.0 Å². The zero-order valence-electron chi connectivity index (χ0n) is 19.2. The number of carbonyl (C=O) groups excluding carboxylic acids is 3. The van der Waals surface area contributed by atoms with Crippen LogP contribution in [0.25, 0.3) is 0 Å². The number of alkyl carbamates (subject to hydrolysis) is 1. The lowest BCUT2D eigenvalue weighted by atomic mass is 10.1. The van der Waals surface area contributed by atoms with Gasteiger partial charge in [0, 0.05) is 12.2 Å². The number of amides is 3. The molecule has 8 nitrogen and oxygen atoms in total. The number of hydrogen-bond acceptors (Lipinski definition) is 5. The number of carbonyl (C=O) groups is 3. The van der Waals surface area contributed by atoms with Crippen LogP contribution in [0.4, 0.5) is 10.5 Å². The van der Waals surface area contributed by atoms with Gasteiger partial charge in [0.2, 0.25) is 5.91 Å². The summed E-state index contributed by atoms with van der Waals surface area (Å²) in [6.07, 6.45) is -0.653. The molecule has 0 aromatic heterocycles. The fraction of sp³-hybridized carbons (Fsp3) is 0.375. The molecule has 172 valence electrons. The van der Waals surface area contributed by atoms with Gasteiger partial charge in [0.1, 0.15) is 17.9 Å². The van der Waals surface area contributed by atoms with Crippen LogP contribution in [0.3, 0.4) is 0 Å². The van der Waals surface area contributed by atoms with Gasteiger partial charge in [-0.2, -0.15) is 0 Å². The Bertz CT molecular complexity index is 949. The molecule has 0 aliphatic heterocycles. The van der Waals surface area contributed by atoms with E-state index in [1.54, 1.807) is 45.0 Å². The van der Waals surface area contributed by atoms with Crippen LogP contribution in [0.15, 0.2) is 42.5 Å². The number of aryl methyl sites for hydroxylation is 2. The monoisotopic (exact) mass is 441 g/mol. The Labute approximate surface area is 188 Å². The standard InChI is InChI=1S/C24H31N3O5/c1-16-6-11-20(12-17(16)2)31-15-22(29)25-13-18-7-9-19(10-8-18)27-21(28)14-26-23(30)32-24(3,4)5/h6-12H,13-15H2,1-5H3,(H,25,29)(H,26,30)(H,27,28). The van der Waals surface area contributed by atoms with Crippen molar-refractivity contribution < 1.29 is 23.9 Å². The van der Waals surface area contributed by atoms with Crippen molar-refractivity contribution >= 4 is 23.6 Å². The van der Waals surface area contributed by atoms with Crippen molar-refractivity contribution in [2.24, 2.45) is 0 Å². The van der Waals surface area contributed by atoms with E-state index in [1.807, 2.05) is 32.0 Å². The second-order valence-corrected chi connectivity index (χ2v) is 8.41. The predicted octanol–water partition coefficient (Wildman–Crippen LogP) is 3.46. The van der Waals surface area contributed by atoms with Gasteiger partial charge in [-0.1, -0.05) is 18.2 Å². The molecular formula is C24H31N3O5. The van der Waals surface area contributed by atoms with Crippen molar-refractivity contribution in [3.8, 4) is 5.75 Å². The molecule has 3 amide bonds. The number of rotatable bonds is 8. The van der Waals surface area contributed by atoms with Gasteiger partial charge < -0.3 is 25.4 Å². The predicted molar refractivity (Wildman–Crippen MR) is 123 cm³/mol. The van der Waals surface area contributed by atoms with Crippen molar-refractivity contribution in [3.05, 3.63) is 59.2 Å². The number of anilines is 1. The molecule has 0 aliphatic carbocycles. The lowest BCUT2D eigenvalue weighted by molar-refractivity contribution is -0.123. The van der Waals surface area contributed by atoms with E-state index in [0.717, 1.165) is 11.1 Å². The van der Waals surface area contributed by atoms with E-state index < -0.39 is 11.7 Å². The van der Waals surface area contributed by atoms with Gasteiger partial charge in [0.25, 0.3) is 5.91 Å². The van der Waals surface area contributed by atoms with Crippen molar-refractivity contribution in [2.45, 2.75) is 46.8 Å². The van der Waals surface area contributed by atoms with Gasteiger partial charge in [-0.15, -0.1) is 0 Å². The molecule has 0 unspecified atom stereocenters. The Morgan fingerprint density at radius 1 is 0.875 bits per heavy atom. The molecule has 0 spiro atoms. The van der Waals surface area contributed by atoms with Gasteiger partial charge in [-0.3, -0.25) is 9.59 Å². The maximum atomic E-state index is 12.0. The molecule has 0 saturated carbocycles. The first-order valence-electron chi connectivity index (χ1n) is 10.3. The Kier molecular flexibility index (Phi) is 8.63. The highest BCUT2D eigenvalue weighted by molar-refractivity contribution is 5.93. The summed E-state index contributed by atoms with van der Waals surface area (Å²) in [6, 6.07) is 12.7. The van der Waals surface area contributed by atoms with Gasteiger partial charge >= 0.3 is 6.09 Å². The number of benzene rings is 2. The van der Waals surface area contributed by atoms with Gasteiger partial charge in [-0.05, 0) is 75.6 Å². The summed E-state index contributed by atoms with van der Waals surface area (Å²) in [5.74, 6) is 0.0544. The molecule has 8 heteroatoms. The highest BCUT2D eigenvalue weighted by atomic mass is 16.6. The van der Waals surface area contributed by atoms with E-state index in [2.05, 4.69) is 16.0 Å². The lowest BCUT2D eigenvalue weighted by Gasteiger charge is -2.19. The van der Waals surface area contributed by atoms with Gasteiger partial charge in [-0.25, -0.2) is 4.79 Å². The molecule has 2 aromatic carbocycles. The van der Waals surface area contributed by atoms with Crippen molar-refractivity contribution in [1.82, 2.24) is 10.6 Å². The van der Waals surface area contributed by atoms with Crippen molar-refractivity contribution in [3.63, 3.8) is 0 Å². The number of ether oxygens (including phenoxy) is 2. The zero-order chi connectivity index (χ0) is 23.7. The summed E-state index contributed by atoms with van der Waals surface area (Å²) in [5.41, 5.74) is 3.09. The average molecular weight is 442 g/mol. The van der Waals surface area contributed by atoms with Crippen molar-refractivity contribution in [1.29, 1.82) is 0 Å². The maximum Gasteiger partial charge on any atom is 0.408 e. The van der Waals surface area contributed by atoms with Gasteiger partial charge in [0.15, 0.2) is 6.61 Å². The smallest absolute Gasteiger partial charge is 0.408 e. The van der Waals surface area contributed by atoms with Crippen LogP contribution in [0, 0.1) is 13.8 Å². The molecule has 0 atom stereocenters. The van der Waals surface area contributed by atoms with Gasteiger partial charge in [0.05, 0.1) is 0 Å². The van der Waals surface area contributed by atoms with Crippen LogP contribution in [0.2, 0.25) is 0 Å². The first-order valence-corrected chi connectivity index (χ1v) is 10.3. The van der Waals surface area contributed by atoms with Crippen LogP contribution in [0.5, 0.6) is 5.75 Å².